The first-order chi connectivity index (χ1) is 11.1. The highest BCUT2D eigenvalue weighted by atomic mass is 32.2. The largest absolute Gasteiger partial charge is 0.354 e. The Hall–Kier alpha value is -1.14. The molecule has 0 saturated heterocycles. The molecule has 1 aliphatic heterocycles. The Morgan fingerprint density at radius 3 is 2.83 bits per heavy atom. The fourth-order valence-electron chi connectivity index (χ4n) is 2.83. The summed E-state index contributed by atoms with van der Waals surface area (Å²) in [4.78, 5) is 26.3. The molecule has 1 aliphatic rings. The standard InChI is InChI=1S/C17H24N2O2S2/c1-12(11-18-15(20)8-9-22-2)19-16(21)10-13-6-4-5-7-14(13)17(19)23-3/h4-7,12,17H,8-11H2,1-3H3,(H,18,20). The van der Waals surface area contributed by atoms with Gasteiger partial charge in [-0.15, -0.1) is 11.8 Å². The highest BCUT2D eigenvalue weighted by molar-refractivity contribution is 7.98. The minimum absolute atomic E-state index is 0.0190. The van der Waals surface area contributed by atoms with Crippen LogP contribution in [0.1, 0.15) is 29.8 Å². The van der Waals surface area contributed by atoms with E-state index in [-0.39, 0.29) is 23.2 Å². The van der Waals surface area contributed by atoms with Crippen molar-refractivity contribution in [1.82, 2.24) is 10.2 Å². The second-order valence-electron chi connectivity index (χ2n) is 5.66. The van der Waals surface area contributed by atoms with Gasteiger partial charge in [-0.3, -0.25) is 9.59 Å². The average molecular weight is 353 g/mol. The molecule has 0 bridgehead atoms. The topological polar surface area (TPSA) is 49.4 Å². The van der Waals surface area contributed by atoms with Gasteiger partial charge in [-0.25, -0.2) is 0 Å². The lowest BCUT2D eigenvalue weighted by molar-refractivity contribution is -0.134. The molecule has 126 valence electrons. The van der Waals surface area contributed by atoms with Crippen molar-refractivity contribution in [3.05, 3.63) is 35.4 Å². The second kappa shape index (κ2) is 8.64. The molecule has 4 nitrogen and oxygen atoms in total. The molecule has 2 unspecified atom stereocenters. The van der Waals surface area contributed by atoms with E-state index in [1.807, 2.05) is 42.5 Å². The minimum Gasteiger partial charge on any atom is -0.354 e. The molecule has 0 spiro atoms. The number of fused-ring (bicyclic) bond motifs is 1. The number of hydrogen-bond acceptors (Lipinski definition) is 4. The highest BCUT2D eigenvalue weighted by Crippen LogP contribution is 2.38. The van der Waals surface area contributed by atoms with E-state index in [2.05, 4.69) is 11.4 Å². The van der Waals surface area contributed by atoms with Crippen molar-refractivity contribution in [2.24, 2.45) is 0 Å². The van der Waals surface area contributed by atoms with Crippen molar-refractivity contribution in [3.63, 3.8) is 0 Å². The molecule has 23 heavy (non-hydrogen) atoms. The van der Waals surface area contributed by atoms with E-state index in [9.17, 15) is 9.59 Å². The Kier molecular flexibility index (Phi) is 6.84. The first kappa shape index (κ1) is 18.2. The van der Waals surface area contributed by atoms with Crippen LogP contribution < -0.4 is 5.32 Å². The van der Waals surface area contributed by atoms with Gasteiger partial charge in [0.1, 0.15) is 5.37 Å². The summed E-state index contributed by atoms with van der Waals surface area (Å²) in [6.45, 7) is 2.50. The number of hydrogen-bond donors (Lipinski definition) is 1. The van der Waals surface area contributed by atoms with Gasteiger partial charge in [-0.2, -0.15) is 11.8 Å². The molecule has 0 radical (unpaired) electrons. The molecule has 0 fully saturated rings. The molecular formula is C17H24N2O2S2. The van der Waals surface area contributed by atoms with Crippen LogP contribution in [0.3, 0.4) is 0 Å². The van der Waals surface area contributed by atoms with Gasteiger partial charge in [0.05, 0.1) is 6.42 Å². The number of thioether (sulfide) groups is 2. The molecule has 0 aliphatic carbocycles. The van der Waals surface area contributed by atoms with Crippen LogP contribution in [0.4, 0.5) is 0 Å². The molecule has 2 rings (SSSR count). The Morgan fingerprint density at radius 2 is 2.13 bits per heavy atom. The zero-order valence-corrected chi connectivity index (χ0v) is 15.5. The summed E-state index contributed by atoms with van der Waals surface area (Å²) < 4.78 is 0. The summed E-state index contributed by atoms with van der Waals surface area (Å²) in [7, 11) is 0. The van der Waals surface area contributed by atoms with E-state index in [0.29, 0.717) is 19.4 Å². The van der Waals surface area contributed by atoms with Crippen molar-refractivity contribution >= 4 is 35.3 Å². The predicted octanol–water partition coefficient (Wildman–Crippen LogP) is 2.69. The fraction of sp³-hybridized carbons (Fsp3) is 0.529. The molecule has 0 aromatic heterocycles. The number of amides is 2. The molecule has 1 aromatic rings. The van der Waals surface area contributed by atoms with Gasteiger partial charge in [0, 0.05) is 24.8 Å². The molecule has 1 heterocycles. The van der Waals surface area contributed by atoms with E-state index in [4.69, 9.17) is 0 Å². The van der Waals surface area contributed by atoms with Crippen molar-refractivity contribution < 1.29 is 9.59 Å². The van der Waals surface area contributed by atoms with Gasteiger partial charge in [0.2, 0.25) is 11.8 Å². The predicted molar refractivity (Wildman–Crippen MR) is 98.7 cm³/mol. The normalized spacial score (nSPS) is 18.5. The van der Waals surface area contributed by atoms with Crippen LogP contribution in [0.2, 0.25) is 0 Å². The van der Waals surface area contributed by atoms with Crippen LogP contribution >= 0.6 is 23.5 Å². The van der Waals surface area contributed by atoms with Crippen LogP contribution in [-0.4, -0.2) is 47.6 Å². The van der Waals surface area contributed by atoms with E-state index in [0.717, 1.165) is 11.3 Å². The second-order valence-corrected chi connectivity index (χ2v) is 7.56. The maximum Gasteiger partial charge on any atom is 0.228 e. The SMILES string of the molecule is CSCCC(=O)NCC(C)N1C(=O)Cc2ccccc2C1SC. The third-order valence-corrected chi connectivity index (χ3v) is 5.57. The number of benzene rings is 1. The van der Waals surface area contributed by atoms with Crippen molar-refractivity contribution in [2.75, 3.05) is 24.8 Å². The maximum atomic E-state index is 12.6. The lowest BCUT2D eigenvalue weighted by Gasteiger charge is -2.40. The van der Waals surface area contributed by atoms with Crippen molar-refractivity contribution in [1.29, 1.82) is 0 Å². The summed E-state index contributed by atoms with van der Waals surface area (Å²) in [5.41, 5.74) is 2.32. The van der Waals surface area contributed by atoms with Crippen LogP contribution in [0.15, 0.2) is 24.3 Å². The molecule has 6 heteroatoms. The van der Waals surface area contributed by atoms with Gasteiger partial charge >= 0.3 is 0 Å². The number of nitrogens with zero attached hydrogens (tertiary/aromatic N) is 1. The Balaban J connectivity index is 2.05. The number of carbonyl (C=O) groups is 2. The molecule has 1 aromatic carbocycles. The van der Waals surface area contributed by atoms with Gasteiger partial charge in [-0.1, -0.05) is 24.3 Å². The fourth-order valence-corrected chi connectivity index (χ4v) is 4.26. The summed E-state index contributed by atoms with van der Waals surface area (Å²) in [5, 5.41) is 2.97. The zero-order valence-electron chi connectivity index (χ0n) is 13.9. The Labute approximate surface area is 146 Å². The lowest BCUT2D eigenvalue weighted by Crippen LogP contribution is -2.49. The number of nitrogens with one attached hydrogen (secondary N) is 1. The van der Waals surface area contributed by atoms with E-state index in [1.54, 1.807) is 23.5 Å². The monoisotopic (exact) mass is 352 g/mol. The van der Waals surface area contributed by atoms with Gasteiger partial charge < -0.3 is 10.2 Å². The first-order valence-electron chi connectivity index (χ1n) is 7.75. The average Bonchev–Trinajstić information content (AvgIpc) is 2.56. The quantitative estimate of drug-likeness (QED) is 0.820. The lowest BCUT2D eigenvalue weighted by atomic mass is 9.98. The van der Waals surface area contributed by atoms with Crippen molar-refractivity contribution in [2.45, 2.75) is 31.2 Å². The summed E-state index contributed by atoms with van der Waals surface area (Å²) in [5.74, 6) is 1.01. The molecule has 2 atom stereocenters. The van der Waals surface area contributed by atoms with Crippen LogP contribution in [0.5, 0.6) is 0 Å². The van der Waals surface area contributed by atoms with E-state index in [1.165, 1.54) is 5.56 Å². The third kappa shape index (κ3) is 4.44. The zero-order chi connectivity index (χ0) is 16.8. The van der Waals surface area contributed by atoms with Gasteiger partial charge in [0.15, 0.2) is 0 Å². The summed E-state index contributed by atoms with van der Waals surface area (Å²) in [6.07, 6.45) is 4.98. The van der Waals surface area contributed by atoms with Crippen LogP contribution in [-0.2, 0) is 16.0 Å². The molecular weight excluding hydrogens is 328 g/mol. The highest BCUT2D eigenvalue weighted by Gasteiger charge is 2.34. The molecule has 1 N–H and O–H groups in total. The van der Waals surface area contributed by atoms with E-state index >= 15 is 0 Å². The summed E-state index contributed by atoms with van der Waals surface area (Å²) in [6, 6.07) is 8.11. The minimum atomic E-state index is -0.0217. The number of rotatable bonds is 7. The van der Waals surface area contributed by atoms with Gasteiger partial charge in [-0.05, 0) is 30.6 Å². The van der Waals surface area contributed by atoms with Crippen molar-refractivity contribution in [3.8, 4) is 0 Å². The molecule has 2 amide bonds. The van der Waals surface area contributed by atoms with Gasteiger partial charge in [0.25, 0.3) is 0 Å². The first-order valence-corrected chi connectivity index (χ1v) is 10.4. The van der Waals surface area contributed by atoms with Crippen LogP contribution in [0, 0.1) is 0 Å². The summed E-state index contributed by atoms with van der Waals surface area (Å²) >= 11 is 3.33. The Bertz CT molecular complexity index is 565. The number of carbonyl (C=O) groups excluding carboxylic acids is 2. The van der Waals surface area contributed by atoms with E-state index < -0.39 is 0 Å². The smallest absolute Gasteiger partial charge is 0.228 e. The third-order valence-electron chi connectivity index (χ3n) is 4.03. The Morgan fingerprint density at radius 1 is 1.39 bits per heavy atom. The van der Waals surface area contributed by atoms with Crippen LogP contribution in [0.25, 0.3) is 0 Å². The molecule has 0 saturated carbocycles. The maximum absolute atomic E-state index is 12.6.